The zero-order valence-corrected chi connectivity index (χ0v) is 24.5. The van der Waals surface area contributed by atoms with Gasteiger partial charge in [0.1, 0.15) is 17.7 Å². The number of nitrogens with one attached hydrogen (secondary N) is 2. The predicted molar refractivity (Wildman–Crippen MR) is 161 cm³/mol. The summed E-state index contributed by atoms with van der Waals surface area (Å²) in [5.74, 6) is 0.708. The van der Waals surface area contributed by atoms with Gasteiger partial charge in [-0.15, -0.1) is 0 Å². The third kappa shape index (κ3) is 6.26. The van der Waals surface area contributed by atoms with Gasteiger partial charge in [-0.1, -0.05) is 19.9 Å². The summed E-state index contributed by atoms with van der Waals surface area (Å²) in [4.78, 5) is 17.5. The molecule has 40 heavy (non-hydrogen) atoms. The monoisotopic (exact) mass is 571 g/mol. The Balaban J connectivity index is 1.33. The second-order valence-electron chi connectivity index (χ2n) is 11.0. The number of anilines is 4. The van der Waals surface area contributed by atoms with E-state index in [1.54, 1.807) is 19.3 Å². The molecule has 1 aromatic carbocycles. The van der Waals surface area contributed by atoms with E-state index in [1.165, 1.54) is 21.9 Å². The van der Waals surface area contributed by atoms with Crippen LogP contribution in [0.1, 0.15) is 31.7 Å². The predicted octanol–water partition coefficient (Wildman–Crippen LogP) is 5.14. The number of rotatable bonds is 11. The highest BCUT2D eigenvalue weighted by Gasteiger charge is 2.46. The Hall–Kier alpha value is -2.76. The van der Waals surface area contributed by atoms with Gasteiger partial charge in [0.05, 0.1) is 13.2 Å². The summed E-state index contributed by atoms with van der Waals surface area (Å²) in [5.41, 5.74) is 2.48. The second kappa shape index (κ2) is 12.4. The Morgan fingerprint density at radius 1 is 1.12 bits per heavy atom. The number of nitrogens with zero attached hydrogens (tertiary/aromatic N) is 5. The van der Waals surface area contributed by atoms with Crippen LogP contribution in [-0.2, 0) is 4.74 Å². The Morgan fingerprint density at radius 2 is 1.95 bits per heavy atom. The van der Waals surface area contributed by atoms with Crippen molar-refractivity contribution in [3.63, 3.8) is 0 Å². The van der Waals surface area contributed by atoms with Crippen molar-refractivity contribution < 1.29 is 13.5 Å². The third-order valence-electron chi connectivity index (χ3n) is 7.62. The maximum atomic E-state index is 14.8. The molecule has 1 unspecified atom stereocenters. The molecule has 0 radical (unpaired) electrons. The van der Waals surface area contributed by atoms with E-state index in [0.717, 1.165) is 29.8 Å². The van der Waals surface area contributed by atoms with Gasteiger partial charge in [-0.2, -0.15) is 16.7 Å². The van der Waals surface area contributed by atoms with Crippen molar-refractivity contribution >= 4 is 45.8 Å². The van der Waals surface area contributed by atoms with E-state index in [9.17, 15) is 8.78 Å². The van der Waals surface area contributed by atoms with Crippen LogP contribution >= 0.6 is 11.8 Å². The second-order valence-corrected chi connectivity index (χ2v) is 11.9. The molecule has 1 atom stereocenters. The molecule has 2 aliphatic rings. The summed E-state index contributed by atoms with van der Waals surface area (Å²) in [6.07, 6.45) is 4.79. The Labute approximate surface area is 239 Å². The first kappa shape index (κ1) is 28.8. The fourth-order valence-electron chi connectivity index (χ4n) is 5.50. The van der Waals surface area contributed by atoms with Crippen LogP contribution in [0.5, 0.6) is 0 Å². The quantitative estimate of drug-likeness (QED) is 0.304. The molecule has 2 aliphatic heterocycles. The summed E-state index contributed by atoms with van der Waals surface area (Å²) in [7, 11) is 1.77. The van der Waals surface area contributed by atoms with Crippen LogP contribution in [0, 0.1) is 5.92 Å². The number of fused-ring (bicyclic) bond motifs is 1. The van der Waals surface area contributed by atoms with Crippen molar-refractivity contribution in [3.05, 3.63) is 42.2 Å². The van der Waals surface area contributed by atoms with Gasteiger partial charge in [-0.3, -0.25) is 0 Å². The summed E-state index contributed by atoms with van der Waals surface area (Å²) in [6.45, 7) is 7.23. The zero-order valence-electron chi connectivity index (χ0n) is 23.7. The van der Waals surface area contributed by atoms with Gasteiger partial charge in [0, 0.05) is 55.6 Å². The lowest BCUT2D eigenvalue weighted by molar-refractivity contribution is -0.142. The Kier molecular flexibility index (Phi) is 8.92. The van der Waals surface area contributed by atoms with Crippen LogP contribution in [-0.4, -0.2) is 85.4 Å². The maximum absolute atomic E-state index is 14.8. The average Bonchev–Trinajstić information content (AvgIpc) is 2.90. The van der Waals surface area contributed by atoms with Gasteiger partial charge < -0.3 is 25.2 Å². The molecule has 2 N–H and O–H groups in total. The van der Waals surface area contributed by atoms with Crippen molar-refractivity contribution in [2.24, 2.45) is 5.92 Å². The molecular weight excluding hydrogens is 532 g/mol. The van der Waals surface area contributed by atoms with E-state index in [1.807, 2.05) is 18.0 Å². The lowest BCUT2D eigenvalue weighted by Crippen LogP contribution is -2.53. The average molecular weight is 572 g/mol. The third-order valence-corrected chi connectivity index (χ3v) is 8.43. The molecule has 2 aromatic heterocycles. The smallest absolute Gasteiger partial charge is 0.290 e. The highest BCUT2D eigenvalue weighted by atomic mass is 32.2. The number of benzene rings is 1. The molecule has 0 saturated carbocycles. The standard InChI is InChI=1S/C29H39F2N7OS/c1-19(2)21-5-6-24(38-15-20(16-38)17-40-4)23-14-34-27(13-22(21)23)35-26-7-9-33-28(36-26)37-11-8-25(29(30,31)18-37)39-12-10-32-3/h5-7,9,13-14,19-20,25,32H,8,10-12,15-18H2,1-4H3,(H,33,34,35,36). The fraction of sp³-hybridized carbons (Fsp3) is 0.552. The number of hydrogen-bond donors (Lipinski definition) is 2. The van der Waals surface area contributed by atoms with Gasteiger partial charge >= 0.3 is 0 Å². The first-order valence-electron chi connectivity index (χ1n) is 13.9. The van der Waals surface area contributed by atoms with Crippen molar-refractivity contribution in [2.45, 2.75) is 38.2 Å². The molecule has 11 heteroatoms. The lowest BCUT2D eigenvalue weighted by atomic mass is 9.93. The van der Waals surface area contributed by atoms with Crippen LogP contribution in [0.2, 0.25) is 0 Å². The minimum absolute atomic E-state index is 0.208. The molecule has 216 valence electrons. The van der Waals surface area contributed by atoms with Crippen molar-refractivity contribution in [3.8, 4) is 0 Å². The highest BCUT2D eigenvalue weighted by molar-refractivity contribution is 7.98. The van der Waals surface area contributed by atoms with Crippen LogP contribution < -0.4 is 20.4 Å². The van der Waals surface area contributed by atoms with E-state index < -0.39 is 18.6 Å². The molecule has 3 aromatic rings. The summed E-state index contributed by atoms with van der Waals surface area (Å²) < 4.78 is 35.1. The van der Waals surface area contributed by atoms with Gasteiger partial charge in [-0.25, -0.2) is 18.7 Å². The van der Waals surface area contributed by atoms with Gasteiger partial charge in [0.25, 0.3) is 5.92 Å². The van der Waals surface area contributed by atoms with E-state index >= 15 is 0 Å². The molecule has 0 bridgehead atoms. The molecular formula is C29H39F2N7OS. The molecule has 0 amide bonds. The minimum atomic E-state index is -2.99. The number of pyridine rings is 1. The molecule has 2 saturated heterocycles. The van der Waals surface area contributed by atoms with Gasteiger partial charge in [0.15, 0.2) is 0 Å². The molecule has 5 rings (SSSR count). The summed E-state index contributed by atoms with van der Waals surface area (Å²) in [6, 6.07) is 8.25. The number of hydrogen-bond acceptors (Lipinski definition) is 9. The van der Waals surface area contributed by atoms with Gasteiger partial charge in [0.2, 0.25) is 5.95 Å². The topological polar surface area (TPSA) is 78.4 Å². The van der Waals surface area contributed by atoms with Crippen LogP contribution in [0.15, 0.2) is 36.7 Å². The lowest BCUT2D eigenvalue weighted by Gasteiger charge is -2.41. The number of aromatic nitrogens is 3. The Bertz CT molecular complexity index is 1300. The number of halogens is 2. The summed E-state index contributed by atoms with van der Waals surface area (Å²) >= 11 is 1.90. The highest BCUT2D eigenvalue weighted by Crippen LogP contribution is 2.37. The Morgan fingerprint density at radius 3 is 2.67 bits per heavy atom. The first-order chi connectivity index (χ1) is 19.3. The van der Waals surface area contributed by atoms with E-state index in [2.05, 4.69) is 63.8 Å². The largest absolute Gasteiger partial charge is 0.370 e. The summed E-state index contributed by atoms with van der Waals surface area (Å²) in [5, 5.41) is 8.50. The van der Waals surface area contributed by atoms with E-state index in [4.69, 9.17) is 9.72 Å². The fourth-order valence-corrected chi connectivity index (χ4v) is 6.18. The van der Waals surface area contributed by atoms with Crippen LogP contribution in [0.25, 0.3) is 10.8 Å². The molecule has 8 nitrogen and oxygen atoms in total. The van der Waals surface area contributed by atoms with E-state index in [-0.39, 0.29) is 19.0 Å². The zero-order chi connectivity index (χ0) is 28.3. The normalized spacial score (nSPS) is 19.3. The maximum Gasteiger partial charge on any atom is 0.290 e. The first-order valence-corrected chi connectivity index (χ1v) is 15.3. The number of alkyl halides is 2. The van der Waals surface area contributed by atoms with E-state index in [0.29, 0.717) is 30.6 Å². The van der Waals surface area contributed by atoms with Gasteiger partial charge in [-0.05, 0) is 60.5 Å². The van der Waals surface area contributed by atoms with Crippen molar-refractivity contribution in [1.82, 2.24) is 20.3 Å². The van der Waals surface area contributed by atoms with Crippen LogP contribution in [0.3, 0.4) is 0 Å². The minimum Gasteiger partial charge on any atom is -0.370 e. The number of thioether (sulfide) groups is 1. The van der Waals surface area contributed by atoms with Crippen molar-refractivity contribution in [2.75, 3.05) is 73.5 Å². The molecule has 2 fully saturated rings. The molecule has 0 spiro atoms. The number of likely N-dealkylation sites (N-methyl/N-ethyl adjacent to an activating group) is 1. The van der Waals surface area contributed by atoms with Crippen LogP contribution in [0.4, 0.5) is 32.1 Å². The number of piperidine rings is 1. The SMILES string of the molecule is CNCCOC1CCN(c2nccc(Nc3cc4c(C(C)C)ccc(N5CC(CSC)C5)c4cn3)n2)CC1(F)F. The number of ether oxygens (including phenoxy) is 1. The molecule has 4 heterocycles. The van der Waals surface area contributed by atoms with Crippen molar-refractivity contribution in [1.29, 1.82) is 0 Å². The molecule has 0 aliphatic carbocycles.